The molecular formula is C11H22N4O2S. The van der Waals surface area contributed by atoms with Gasteiger partial charge < -0.3 is 5.73 Å². The van der Waals surface area contributed by atoms with Gasteiger partial charge in [0.15, 0.2) is 0 Å². The van der Waals surface area contributed by atoms with Crippen molar-refractivity contribution in [2.75, 3.05) is 19.6 Å². The largest absolute Gasteiger partial charge is 0.330 e. The molecule has 6 nitrogen and oxygen atoms in total. The molecule has 0 aromatic carbocycles. The maximum absolute atomic E-state index is 12.6. The highest BCUT2D eigenvalue weighted by atomic mass is 32.2. The molecule has 1 aromatic heterocycles. The first-order chi connectivity index (χ1) is 8.45. The zero-order valence-electron chi connectivity index (χ0n) is 11.2. The Kier molecular flexibility index (Phi) is 5.30. The van der Waals surface area contributed by atoms with Crippen LogP contribution in [0.4, 0.5) is 0 Å². The molecule has 18 heavy (non-hydrogen) atoms. The van der Waals surface area contributed by atoms with Crippen LogP contribution in [-0.2, 0) is 10.0 Å². The lowest BCUT2D eigenvalue weighted by atomic mass is 10.4. The average molecular weight is 274 g/mol. The summed E-state index contributed by atoms with van der Waals surface area (Å²) in [6, 6.07) is 0. The van der Waals surface area contributed by atoms with Gasteiger partial charge in [-0.05, 0) is 33.2 Å². The molecule has 0 saturated heterocycles. The first kappa shape index (κ1) is 15.1. The van der Waals surface area contributed by atoms with Crippen LogP contribution >= 0.6 is 0 Å². The number of aryl methyl sites for hydroxylation is 2. The van der Waals surface area contributed by atoms with Crippen LogP contribution in [0.25, 0.3) is 0 Å². The zero-order valence-corrected chi connectivity index (χ0v) is 12.0. The minimum atomic E-state index is -3.47. The lowest BCUT2D eigenvalue weighted by Gasteiger charge is -2.21. The second kappa shape index (κ2) is 6.31. The Morgan fingerprint density at radius 3 is 2.44 bits per heavy atom. The van der Waals surface area contributed by atoms with E-state index in [4.69, 9.17) is 5.73 Å². The molecule has 0 fully saturated rings. The highest BCUT2D eigenvalue weighted by Crippen LogP contribution is 2.21. The van der Waals surface area contributed by atoms with Crippen molar-refractivity contribution >= 4 is 10.0 Å². The number of hydrogen-bond acceptors (Lipinski definition) is 4. The molecule has 7 heteroatoms. The Hall–Kier alpha value is -0.920. The second-order valence-electron chi connectivity index (χ2n) is 4.31. The normalized spacial score (nSPS) is 12.3. The van der Waals surface area contributed by atoms with E-state index in [1.54, 1.807) is 13.8 Å². The average Bonchev–Trinajstić information content (AvgIpc) is 2.64. The van der Waals surface area contributed by atoms with Gasteiger partial charge in [-0.3, -0.25) is 5.10 Å². The molecule has 0 radical (unpaired) electrons. The summed E-state index contributed by atoms with van der Waals surface area (Å²) in [5.41, 5.74) is 6.55. The topological polar surface area (TPSA) is 92.1 Å². The van der Waals surface area contributed by atoms with Gasteiger partial charge in [-0.1, -0.05) is 6.92 Å². The van der Waals surface area contributed by atoms with Crippen LogP contribution in [0.3, 0.4) is 0 Å². The van der Waals surface area contributed by atoms with E-state index in [0.717, 1.165) is 6.42 Å². The minimum Gasteiger partial charge on any atom is -0.330 e. The predicted molar refractivity (Wildman–Crippen MR) is 70.8 cm³/mol. The Balaban J connectivity index is 3.09. The van der Waals surface area contributed by atoms with E-state index in [1.165, 1.54) is 4.31 Å². The highest BCUT2D eigenvalue weighted by molar-refractivity contribution is 7.89. The monoisotopic (exact) mass is 274 g/mol. The zero-order chi connectivity index (χ0) is 13.8. The number of nitrogens with two attached hydrogens (primary N) is 1. The number of sulfonamides is 1. The Labute approximate surface area is 109 Å². The molecule has 1 rings (SSSR count). The quantitative estimate of drug-likeness (QED) is 0.768. The molecule has 104 valence electrons. The van der Waals surface area contributed by atoms with E-state index in [-0.39, 0.29) is 0 Å². The summed E-state index contributed by atoms with van der Waals surface area (Å²) >= 11 is 0. The molecular weight excluding hydrogens is 252 g/mol. The molecule has 0 saturated carbocycles. The molecule has 1 heterocycles. The number of hydrogen-bond donors (Lipinski definition) is 2. The number of H-pyrrole nitrogens is 1. The van der Waals surface area contributed by atoms with Crippen molar-refractivity contribution in [3.63, 3.8) is 0 Å². The summed E-state index contributed by atoms with van der Waals surface area (Å²) in [5, 5.41) is 6.67. The van der Waals surface area contributed by atoms with E-state index in [0.29, 0.717) is 42.3 Å². The number of nitrogens with zero attached hydrogens (tertiary/aromatic N) is 2. The van der Waals surface area contributed by atoms with Crippen molar-refractivity contribution in [2.45, 2.75) is 38.5 Å². The predicted octanol–water partition coefficient (Wildman–Crippen LogP) is 0.776. The highest BCUT2D eigenvalue weighted by Gasteiger charge is 2.28. The first-order valence-corrected chi connectivity index (χ1v) is 7.61. The van der Waals surface area contributed by atoms with Gasteiger partial charge in [0.05, 0.1) is 11.4 Å². The van der Waals surface area contributed by atoms with Crippen molar-refractivity contribution < 1.29 is 8.42 Å². The van der Waals surface area contributed by atoms with Crippen molar-refractivity contribution in [2.24, 2.45) is 5.73 Å². The summed E-state index contributed by atoms with van der Waals surface area (Å²) in [5.74, 6) is 0. The van der Waals surface area contributed by atoms with Gasteiger partial charge in [0.1, 0.15) is 4.90 Å². The SMILES string of the molecule is CCCN(CCCN)S(=O)(=O)c1c(C)n[nH]c1C. The van der Waals surface area contributed by atoms with E-state index in [2.05, 4.69) is 10.2 Å². The van der Waals surface area contributed by atoms with Crippen LogP contribution in [0, 0.1) is 13.8 Å². The third-order valence-corrected chi connectivity index (χ3v) is 4.91. The first-order valence-electron chi connectivity index (χ1n) is 6.17. The van der Waals surface area contributed by atoms with Gasteiger partial charge in [-0.25, -0.2) is 8.42 Å². The molecule has 0 aliphatic heterocycles. The molecule has 0 amide bonds. The van der Waals surface area contributed by atoms with Crippen molar-refractivity contribution in [1.29, 1.82) is 0 Å². The minimum absolute atomic E-state index is 0.299. The Morgan fingerprint density at radius 2 is 2.00 bits per heavy atom. The van der Waals surface area contributed by atoms with E-state index in [1.807, 2.05) is 6.92 Å². The van der Waals surface area contributed by atoms with Crippen LogP contribution in [0.15, 0.2) is 4.90 Å². The molecule has 0 bridgehead atoms. The van der Waals surface area contributed by atoms with Crippen LogP contribution < -0.4 is 5.73 Å². The molecule has 0 atom stereocenters. The fraction of sp³-hybridized carbons (Fsp3) is 0.727. The maximum Gasteiger partial charge on any atom is 0.246 e. The molecule has 3 N–H and O–H groups in total. The number of rotatable bonds is 7. The van der Waals surface area contributed by atoms with Gasteiger partial charge in [-0.15, -0.1) is 0 Å². The lowest BCUT2D eigenvalue weighted by molar-refractivity contribution is 0.405. The summed E-state index contributed by atoms with van der Waals surface area (Å²) in [6.07, 6.45) is 1.44. The fourth-order valence-corrected chi connectivity index (χ4v) is 3.82. The lowest BCUT2D eigenvalue weighted by Crippen LogP contribution is -2.34. The van der Waals surface area contributed by atoms with Gasteiger partial charge in [0.2, 0.25) is 10.0 Å². The third-order valence-electron chi connectivity index (χ3n) is 2.74. The molecule has 0 aliphatic rings. The van der Waals surface area contributed by atoms with E-state index in [9.17, 15) is 8.42 Å². The molecule has 0 unspecified atom stereocenters. The van der Waals surface area contributed by atoms with Crippen molar-refractivity contribution in [1.82, 2.24) is 14.5 Å². The Morgan fingerprint density at radius 1 is 1.33 bits per heavy atom. The van der Waals surface area contributed by atoms with Crippen LogP contribution in [0.2, 0.25) is 0 Å². The molecule has 1 aromatic rings. The number of aromatic nitrogens is 2. The van der Waals surface area contributed by atoms with Crippen molar-refractivity contribution in [3.05, 3.63) is 11.4 Å². The van der Waals surface area contributed by atoms with Crippen LogP contribution in [-0.4, -0.2) is 42.6 Å². The standard InChI is InChI=1S/C11H22N4O2S/c1-4-7-15(8-5-6-12)18(16,17)11-9(2)13-14-10(11)3/h4-8,12H2,1-3H3,(H,13,14). The van der Waals surface area contributed by atoms with Crippen LogP contribution in [0.1, 0.15) is 31.2 Å². The Bertz CT molecular complexity index is 462. The third kappa shape index (κ3) is 3.09. The second-order valence-corrected chi connectivity index (χ2v) is 6.18. The molecule has 0 spiro atoms. The van der Waals surface area contributed by atoms with Gasteiger partial charge in [0, 0.05) is 13.1 Å². The van der Waals surface area contributed by atoms with Gasteiger partial charge in [0.25, 0.3) is 0 Å². The maximum atomic E-state index is 12.6. The van der Waals surface area contributed by atoms with Gasteiger partial charge in [-0.2, -0.15) is 9.40 Å². The van der Waals surface area contributed by atoms with Crippen LogP contribution in [0.5, 0.6) is 0 Å². The van der Waals surface area contributed by atoms with E-state index >= 15 is 0 Å². The summed E-state index contributed by atoms with van der Waals surface area (Å²) in [4.78, 5) is 0.299. The van der Waals surface area contributed by atoms with Crippen molar-refractivity contribution in [3.8, 4) is 0 Å². The number of aromatic amines is 1. The summed E-state index contributed by atoms with van der Waals surface area (Å²) in [7, 11) is -3.47. The smallest absolute Gasteiger partial charge is 0.246 e. The summed E-state index contributed by atoms with van der Waals surface area (Å²) < 4.78 is 26.6. The fourth-order valence-electron chi connectivity index (χ4n) is 1.92. The van der Waals surface area contributed by atoms with Gasteiger partial charge >= 0.3 is 0 Å². The number of nitrogens with one attached hydrogen (secondary N) is 1. The van der Waals surface area contributed by atoms with E-state index < -0.39 is 10.0 Å². The molecule has 0 aliphatic carbocycles. The summed E-state index contributed by atoms with van der Waals surface area (Å²) in [6.45, 7) is 6.83.